The molecule has 18 heavy (non-hydrogen) atoms. The molecule has 1 aromatic rings. The minimum Gasteiger partial charge on any atom is -0.463 e. The van der Waals surface area contributed by atoms with Gasteiger partial charge in [-0.2, -0.15) is 4.98 Å². The van der Waals surface area contributed by atoms with Crippen molar-refractivity contribution in [3.05, 3.63) is 17.5 Å². The van der Waals surface area contributed by atoms with Gasteiger partial charge in [-0.05, 0) is 26.5 Å². The molecule has 0 bridgehead atoms. The van der Waals surface area contributed by atoms with Crippen LogP contribution in [0.25, 0.3) is 0 Å². The van der Waals surface area contributed by atoms with E-state index in [2.05, 4.69) is 22.2 Å². The number of aryl methyl sites for hydroxylation is 1. The van der Waals surface area contributed by atoms with Crippen LogP contribution in [0.2, 0.25) is 0 Å². The van der Waals surface area contributed by atoms with E-state index < -0.39 is 0 Å². The van der Waals surface area contributed by atoms with Crippen LogP contribution in [0.1, 0.15) is 50.4 Å². The number of aromatic nitrogens is 2. The van der Waals surface area contributed by atoms with E-state index in [1.165, 1.54) is 25.7 Å². The molecule has 102 valence electrons. The van der Waals surface area contributed by atoms with E-state index in [1.54, 1.807) is 0 Å². The van der Waals surface area contributed by atoms with Crippen molar-refractivity contribution >= 4 is 0 Å². The van der Waals surface area contributed by atoms with Crippen molar-refractivity contribution in [2.24, 2.45) is 0 Å². The molecule has 0 saturated heterocycles. The minimum atomic E-state index is 0.510. The maximum atomic E-state index is 5.60. The van der Waals surface area contributed by atoms with Crippen LogP contribution >= 0.6 is 0 Å². The summed E-state index contributed by atoms with van der Waals surface area (Å²) in [5, 5.41) is 3.08. The Hall–Kier alpha value is -1.16. The Kier molecular flexibility index (Phi) is 7.34. The second-order valence-corrected chi connectivity index (χ2v) is 4.58. The summed E-state index contributed by atoms with van der Waals surface area (Å²) in [4.78, 5) is 8.65. The highest BCUT2D eigenvalue weighted by molar-refractivity contribution is 5.12. The third kappa shape index (κ3) is 5.96. The predicted molar refractivity (Wildman–Crippen MR) is 73.8 cm³/mol. The van der Waals surface area contributed by atoms with Crippen LogP contribution in [0, 0.1) is 6.92 Å². The average molecular weight is 251 g/mol. The molecule has 0 spiro atoms. The SMILES string of the molecule is CCCCCCCOc1nc(C)cc(CNC)n1. The fraction of sp³-hybridized carbons (Fsp3) is 0.714. The summed E-state index contributed by atoms with van der Waals surface area (Å²) >= 11 is 0. The van der Waals surface area contributed by atoms with E-state index in [-0.39, 0.29) is 0 Å². The molecule has 0 aromatic carbocycles. The molecule has 1 aromatic heterocycles. The zero-order valence-electron chi connectivity index (χ0n) is 11.8. The van der Waals surface area contributed by atoms with Crippen LogP contribution in [0.15, 0.2) is 6.07 Å². The van der Waals surface area contributed by atoms with Crippen molar-refractivity contribution in [3.63, 3.8) is 0 Å². The molecule has 0 fully saturated rings. The first-order chi connectivity index (χ1) is 8.76. The monoisotopic (exact) mass is 251 g/mol. The van der Waals surface area contributed by atoms with Crippen molar-refractivity contribution in [3.8, 4) is 6.01 Å². The van der Waals surface area contributed by atoms with Gasteiger partial charge >= 0.3 is 6.01 Å². The summed E-state index contributed by atoms with van der Waals surface area (Å²) in [7, 11) is 1.91. The third-order valence-corrected chi connectivity index (χ3v) is 2.72. The molecule has 1 rings (SSSR count). The smallest absolute Gasteiger partial charge is 0.316 e. The van der Waals surface area contributed by atoms with E-state index in [0.717, 1.165) is 24.4 Å². The van der Waals surface area contributed by atoms with Gasteiger partial charge in [0.25, 0.3) is 0 Å². The first-order valence-corrected chi connectivity index (χ1v) is 6.88. The highest BCUT2D eigenvalue weighted by Gasteiger charge is 2.02. The van der Waals surface area contributed by atoms with Crippen molar-refractivity contribution < 1.29 is 4.74 Å². The van der Waals surface area contributed by atoms with Crippen molar-refractivity contribution in [1.29, 1.82) is 0 Å². The topological polar surface area (TPSA) is 47.0 Å². The second kappa shape index (κ2) is 8.86. The molecule has 0 aliphatic rings. The normalized spacial score (nSPS) is 10.6. The van der Waals surface area contributed by atoms with Crippen LogP contribution < -0.4 is 10.1 Å². The molecule has 0 radical (unpaired) electrons. The molecular formula is C14H25N3O. The Bertz CT molecular complexity index is 342. The van der Waals surface area contributed by atoms with Crippen LogP contribution in [0.4, 0.5) is 0 Å². The van der Waals surface area contributed by atoms with Gasteiger partial charge in [0.15, 0.2) is 0 Å². The van der Waals surface area contributed by atoms with Gasteiger partial charge in [0.2, 0.25) is 0 Å². The molecule has 0 aliphatic heterocycles. The van der Waals surface area contributed by atoms with E-state index in [4.69, 9.17) is 4.74 Å². The van der Waals surface area contributed by atoms with Crippen LogP contribution in [0.5, 0.6) is 6.01 Å². The number of hydrogen-bond acceptors (Lipinski definition) is 4. The quantitative estimate of drug-likeness (QED) is 0.686. The third-order valence-electron chi connectivity index (χ3n) is 2.72. The molecule has 4 heteroatoms. The van der Waals surface area contributed by atoms with Gasteiger partial charge in [-0.15, -0.1) is 0 Å². The minimum absolute atomic E-state index is 0.510. The molecule has 0 atom stereocenters. The van der Waals surface area contributed by atoms with E-state index in [1.807, 2.05) is 20.0 Å². The summed E-state index contributed by atoms with van der Waals surface area (Å²) in [6.45, 7) is 5.65. The molecule has 0 saturated carbocycles. The lowest BCUT2D eigenvalue weighted by molar-refractivity contribution is 0.279. The Morgan fingerprint density at radius 1 is 1.17 bits per heavy atom. The van der Waals surface area contributed by atoms with Crippen LogP contribution in [-0.2, 0) is 6.54 Å². The highest BCUT2D eigenvalue weighted by Crippen LogP contribution is 2.08. The van der Waals surface area contributed by atoms with Gasteiger partial charge in [-0.1, -0.05) is 32.6 Å². The van der Waals surface area contributed by atoms with Gasteiger partial charge < -0.3 is 10.1 Å². The first kappa shape index (κ1) is 14.9. The number of hydrogen-bond donors (Lipinski definition) is 1. The van der Waals surface area contributed by atoms with Crippen molar-refractivity contribution in [2.45, 2.75) is 52.5 Å². The summed E-state index contributed by atoms with van der Waals surface area (Å²) in [6.07, 6.45) is 6.18. The Morgan fingerprint density at radius 2 is 1.94 bits per heavy atom. The predicted octanol–water partition coefficient (Wildman–Crippen LogP) is 2.85. The average Bonchev–Trinajstić information content (AvgIpc) is 2.33. The fourth-order valence-electron chi connectivity index (χ4n) is 1.81. The maximum absolute atomic E-state index is 5.60. The molecular weight excluding hydrogens is 226 g/mol. The van der Waals surface area contributed by atoms with Gasteiger partial charge in [-0.3, -0.25) is 0 Å². The Balaban J connectivity index is 2.32. The summed E-state index contributed by atoms with van der Waals surface area (Å²) in [5.74, 6) is 0. The van der Waals surface area contributed by atoms with Crippen LogP contribution in [0.3, 0.4) is 0 Å². The standard InChI is InChI=1S/C14H25N3O/c1-4-5-6-7-8-9-18-14-16-12(2)10-13(17-14)11-15-3/h10,15H,4-9,11H2,1-3H3. The largest absolute Gasteiger partial charge is 0.463 e. The number of ether oxygens (including phenoxy) is 1. The highest BCUT2D eigenvalue weighted by atomic mass is 16.5. The zero-order chi connectivity index (χ0) is 13.2. The zero-order valence-corrected chi connectivity index (χ0v) is 11.8. The van der Waals surface area contributed by atoms with Gasteiger partial charge in [0, 0.05) is 12.2 Å². The lowest BCUT2D eigenvalue weighted by Gasteiger charge is -2.07. The number of rotatable bonds is 9. The summed E-state index contributed by atoms with van der Waals surface area (Å²) in [6, 6.07) is 2.49. The fourth-order valence-corrected chi connectivity index (χ4v) is 1.81. The van der Waals surface area contributed by atoms with E-state index in [9.17, 15) is 0 Å². The van der Waals surface area contributed by atoms with Crippen molar-refractivity contribution in [1.82, 2.24) is 15.3 Å². The van der Waals surface area contributed by atoms with Crippen LogP contribution in [-0.4, -0.2) is 23.6 Å². The first-order valence-electron chi connectivity index (χ1n) is 6.88. The van der Waals surface area contributed by atoms with E-state index in [0.29, 0.717) is 12.6 Å². The molecule has 0 amide bonds. The molecule has 1 heterocycles. The maximum Gasteiger partial charge on any atom is 0.316 e. The number of unbranched alkanes of at least 4 members (excludes halogenated alkanes) is 4. The molecule has 0 unspecified atom stereocenters. The summed E-state index contributed by atoms with van der Waals surface area (Å²) < 4.78 is 5.60. The Labute approximate surface area is 110 Å². The lowest BCUT2D eigenvalue weighted by Crippen LogP contribution is -2.10. The van der Waals surface area contributed by atoms with E-state index >= 15 is 0 Å². The molecule has 4 nitrogen and oxygen atoms in total. The lowest BCUT2D eigenvalue weighted by atomic mass is 10.2. The van der Waals surface area contributed by atoms with Gasteiger partial charge in [-0.25, -0.2) is 4.98 Å². The molecule has 1 N–H and O–H groups in total. The second-order valence-electron chi connectivity index (χ2n) is 4.58. The summed E-state index contributed by atoms with van der Waals surface area (Å²) in [5.41, 5.74) is 1.93. The van der Waals surface area contributed by atoms with Crippen molar-refractivity contribution in [2.75, 3.05) is 13.7 Å². The molecule has 0 aliphatic carbocycles. The van der Waals surface area contributed by atoms with Gasteiger partial charge in [0.1, 0.15) is 0 Å². The Morgan fingerprint density at radius 3 is 2.67 bits per heavy atom. The number of nitrogens with one attached hydrogen (secondary N) is 1. The van der Waals surface area contributed by atoms with Gasteiger partial charge in [0.05, 0.1) is 12.3 Å². The number of nitrogens with zero attached hydrogens (tertiary/aromatic N) is 2.